The molecule has 1 aliphatic rings. The van der Waals surface area contributed by atoms with Crippen LogP contribution in [0.15, 0.2) is 48.8 Å². The first-order chi connectivity index (χ1) is 13.0. The molecular formula is C21H26N4O2. The zero-order chi connectivity index (χ0) is 19.2. The van der Waals surface area contributed by atoms with Gasteiger partial charge >= 0.3 is 0 Å². The molecule has 142 valence electrons. The highest BCUT2D eigenvalue weighted by molar-refractivity contribution is 5.80. The van der Waals surface area contributed by atoms with Crippen LogP contribution in [0.25, 0.3) is 0 Å². The van der Waals surface area contributed by atoms with Crippen LogP contribution in [0.2, 0.25) is 0 Å². The largest absolute Gasteiger partial charge is 0.369 e. The second kappa shape index (κ2) is 8.77. The number of nitrogens with one attached hydrogen (secondary N) is 1. The number of hydrogen-bond donors (Lipinski definition) is 2. The number of pyridine rings is 1. The molecule has 0 radical (unpaired) electrons. The number of nitrogens with zero attached hydrogens (tertiary/aromatic N) is 2. The van der Waals surface area contributed by atoms with Crippen molar-refractivity contribution < 1.29 is 9.59 Å². The highest BCUT2D eigenvalue weighted by atomic mass is 16.2. The molecule has 3 rings (SSSR count). The molecule has 1 saturated heterocycles. The van der Waals surface area contributed by atoms with Gasteiger partial charge in [0.15, 0.2) is 0 Å². The van der Waals surface area contributed by atoms with E-state index in [2.05, 4.69) is 29.4 Å². The number of hydrogen-bond acceptors (Lipinski definition) is 4. The Morgan fingerprint density at radius 2 is 1.85 bits per heavy atom. The van der Waals surface area contributed by atoms with Crippen LogP contribution in [0.3, 0.4) is 0 Å². The van der Waals surface area contributed by atoms with Crippen LogP contribution in [-0.2, 0) is 9.59 Å². The molecule has 2 aromatic rings. The highest BCUT2D eigenvalue weighted by Gasteiger charge is 2.28. The number of likely N-dealkylation sites (tertiary alicyclic amines) is 1. The number of piperidine rings is 1. The summed E-state index contributed by atoms with van der Waals surface area (Å²) in [5, 5.41) is 3.24. The van der Waals surface area contributed by atoms with Crippen molar-refractivity contribution in [2.24, 2.45) is 11.7 Å². The molecule has 6 nitrogen and oxygen atoms in total. The fourth-order valence-electron chi connectivity index (χ4n) is 3.64. The van der Waals surface area contributed by atoms with E-state index in [9.17, 15) is 9.59 Å². The molecule has 0 aliphatic carbocycles. The number of aryl methyl sites for hydroxylation is 1. The van der Waals surface area contributed by atoms with Crippen molar-refractivity contribution in [3.63, 3.8) is 0 Å². The molecule has 1 aliphatic heterocycles. The van der Waals surface area contributed by atoms with Gasteiger partial charge in [0.2, 0.25) is 11.8 Å². The molecule has 0 spiro atoms. The third kappa shape index (κ3) is 4.92. The molecule has 2 heterocycles. The Labute approximate surface area is 159 Å². The van der Waals surface area contributed by atoms with E-state index < -0.39 is 0 Å². The Morgan fingerprint density at radius 1 is 1.19 bits per heavy atom. The number of nitrogens with two attached hydrogens (primary N) is 1. The van der Waals surface area contributed by atoms with Gasteiger partial charge in [0.25, 0.3) is 0 Å². The topological polar surface area (TPSA) is 88.3 Å². The summed E-state index contributed by atoms with van der Waals surface area (Å²) < 4.78 is 0. The van der Waals surface area contributed by atoms with Gasteiger partial charge in [-0.05, 0) is 61.7 Å². The normalized spacial score (nSPS) is 16.6. The van der Waals surface area contributed by atoms with Crippen molar-refractivity contribution in [3.05, 3.63) is 65.5 Å². The standard InChI is InChI=1S/C21H26N4O2/c1-15-4-2-3-5-18(15)20(16-6-10-23-11-7-16)24-21(27)17-8-12-25(13-9-17)14-19(22)26/h2-7,10-11,17,20H,8-9,12-14H2,1H3,(H2,22,26)(H,24,27)/t20-/m0/s1. The van der Waals surface area contributed by atoms with Gasteiger partial charge in [-0.2, -0.15) is 0 Å². The molecule has 1 fully saturated rings. The summed E-state index contributed by atoms with van der Waals surface area (Å²) in [4.78, 5) is 30.1. The van der Waals surface area contributed by atoms with Gasteiger partial charge in [0, 0.05) is 18.3 Å². The molecule has 6 heteroatoms. The number of primary amides is 1. The van der Waals surface area contributed by atoms with Gasteiger partial charge in [0.05, 0.1) is 12.6 Å². The van der Waals surface area contributed by atoms with Crippen LogP contribution >= 0.6 is 0 Å². The number of amides is 2. The average Bonchev–Trinajstić information content (AvgIpc) is 2.67. The van der Waals surface area contributed by atoms with Crippen LogP contribution < -0.4 is 11.1 Å². The molecule has 1 aromatic carbocycles. The summed E-state index contributed by atoms with van der Waals surface area (Å²) in [5.74, 6) is -0.323. The fourth-order valence-corrected chi connectivity index (χ4v) is 3.64. The molecule has 1 atom stereocenters. The minimum Gasteiger partial charge on any atom is -0.369 e. The van der Waals surface area contributed by atoms with Crippen molar-refractivity contribution in [2.75, 3.05) is 19.6 Å². The van der Waals surface area contributed by atoms with E-state index in [1.807, 2.05) is 29.2 Å². The van der Waals surface area contributed by atoms with E-state index in [1.54, 1.807) is 12.4 Å². The second-order valence-corrected chi connectivity index (χ2v) is 7.10. The van der Waals surface area contributed by atoms with Crippen LogP contribution in [-0.4, -0.2) is 41.3 Å². The lowest BCUT2D eigenvalue weighted by atomic mass is 9.92. The zero-order valence-electron chi connectivity index (χ0n) is 15.6. The van der Waals surface area contributed by atoms with E-state index in [0.29, 0.717) is 13.1 Å². The Bertz CT molecular complexity index is 786. The average molecular weight is 366 g/mol. The summed E-state index contributed by atoms with van der Waals surface area (Å²) in [5.41, 5.74) is 8.50. The third-order valence-corrected chi connectivity index (χ3v) is 5.16. The Hall–Kier alpha value is -2.73. The van der Waals surface area contributed by atoms with Gasteiger partial charge in [-0.1, -0.05) is 24.3 Å². The van der Waals surface area contributed by atoms with E-state index in [0.717, 1.165) is 29.5 Å². The number of carbonyl (C=O) groups excluding carboxylic acids is 2. The first kappa shape index (κ1) is 19.0. The monoisotopic (exact) mass is 366 g/mol. The predicted molar refractivity (Wildman–Crippen MR) is 104 cm³/mol. The lowest BCUT2D eigenvalue weighted by molar-refractivity contribution is -0.127. The molecule has 1 aromatic heterocycles. The summed E-state index contributed by atoms with van der Waals surface area (Å²) >= 11 is 0. The Balaban J connectivity index is 1.72. The van der Waals surface area contributed by atoms with Crippen molar-refractivity contribution in [1.29, 1.82) is 0 Å². The molecule has 2 amide bonds. The van der Waals surface area contributed by atoms with Crippen LogP contribution in [0.5, 0.6) is 0 Å². The Morgan fingerprint density at radius 3 is 2.48 bits per heavy atom. The maximum absolute atomic E-state index is 13.0. The van der Waals surface area contributed by atoms with Crippen molar-refractivity contribution >= 4 is 11.8 Å². The minimum atomic E-state index is -0.324. The van der Waals surface area contributed by atoms with Gasteiger partial charge in [-0.25, -0.2) is 0 Å². The third-order valence-electron chi connectivity index (χ3n) is 5.16. The molecule has 0 unspecified atom stereocenters. The molecule has 27 heavy (non-hydrogen) atoms. The van der Waals surface area contributed by atoms with Crippen LogP contribution in [0.1, 0.15) is 35.6 Å². The number of carbonyl (C=O) groups is 2. The first-order valence-corrected chi connectivity index (χ1v) is 9.31. The van der Waals surface area contributed by atoms with Crippen LogP contribution in [0.4, 0.5) is 0 Å². The van der Waals surface area contributed by atoms with Crippen molar-refractivity contribution in [2.45, 2.75) is 25.8 Å². The van der Waals surface area contributed by atoms with Crippen molar-refractivity contribution in [3.8, 4) is 0 Å². The van der Waals surface area contributed by atoms with Crippen LogP contribution in [0, 0.1) is 12.8 Å². The SMILES string of the molecule is Cc1ccccc1[C@@H](NC(=O)C1CCN(CC(N)=O)CC1)c1ccncc1. The van der Waals surface area contributed by atoms with E-state index in [4.69, 9.17) is 5.73 Å². The van der Waals surface area contributed by atoms with Crippen molar-refractivity contribution in [1.82, 2.24) is 15.2 Å². The Kier molecular flexibility index (Phi) is 6.19. The maximum Gasteiger partial charge on any atom is 0.231 e. The maximum atomic E-state index is 13.0. The van der Waals surface area contributed by atoms with Gasteiger partial charge in [-0.15, -0.1) is 0 Å². The molecule has 3 N–H and O–H groups in total. The fraction of sp³-hybridized carbons (Fsp3) is 0.381. The minimum absolute atomic E-state index is 0.0533. The summed E-state index contributed by atoms with van der Waals surface area (Å²) in [6.07, 6.45) is 4.95. The first-order valence-electron chi connectivity index (χ1n) is 9.31. The second-order valence-electron chi connectivity index (χ2n) is 7.10. The number of rotatable bonds is 6. The molecular weight excluding hydrogens is 340 g/mol. The lowest BCUT2D eigenvalue weighted by Crippen LogP contribution is -2.44. The van der Waals surface area contributed by atoms with E-state index in [-0.39, 0.29) is 30.3 Å². The zero-order valence-corrected chi connectivity index (χ0v) is 15.6. The van der Waals surface area contributed by atoms with Gasteiger partial charge in [0.1, 0.15) is 0 Å². The smallest absolute Gasteiger partial charge is 0.231 e. The number of aromatic nitrogens is 1. The van der Waals surface area contributed by atoms with Gasteiger partial charge < -0.3 is 11.1 Å². The lowest BCUT2D eigenvalue weighted by Gasteiger charge is -2.31. The summed E-state index contributed by atoms with van der Waals surface area (Å²) in [6, 6.07) is 11.8. The quantitative estimate of drug-likeness (QED) is 0.816. The molecule has 0 saturated carbocycles. The highest BCUT2D eigenvalue weighted by Crippen LogP contribution is 2.26. The van der Waals surface area contributed by atoms with Gasteiger partial charge in [-0.3, -0.25) is 19.5 Å². The molecule has 0 bridgehead atoms. The summed E-state index contributed by atoms with van der Waals surface area (Å²) in [7, 11) is 0. The van der Waals surface area contributed by atoms with E-state index in [1.165, 1.54) is 0 Å². The predicted octanol–water partition coefficient (Wildman–Crippen LogP) is 1.79. The number of benzene rings is 1. The van der Waals surface area contributed by atoms with E-state index >= 15 is 0 Å². The summed E-state index contributed by atoms with van der Waals surface area (Å²) in [6.45, 7) is 3.74.